The Morgan fingerprint density at radius 2 is 1.89 bits per heavy atom. The summed E-state index contributed by atoms with van der Waals surface area (Å²) >= 11 is 12.7. The van der Waals surface area contributed by atoms with Crippen molar-refractivity contribution in [3.8, 4) is 11.5 Å². The predicted molar refractivity (Wildman–Crippen MR) is 142 cm³/mol. The summed E-state index contributed by atoms with van der Waals surface area (Å²) in [6.07, 6.45) is 1.71. The third-order valence-electron chi connectivity index (χ3n) is 5.00. The van der Waals surface area contributed by atoms with Gasteiger partial charge in [0.15, 0.2) is 15.8 Å². The molecule has 178 valence electrons. The van der Waals surface area contributed by atoms with E-state index in [1.54, 1.807) is 30.3 Å². The second-order valence-corrected chi connectivity index (χ2v) is 9.40. The van der Waals surface area contributed by atoms with Crippen LogP contribution in [0.25, 0.3) is 6.08 Å². The first kappa shape index (κ1) is 24.7. The molecule has 0 N–H and O–H groups in total. The summed E-state index contributed by atoms with van der Waals surface area (Å²) in [6.45, 7) is 2.58. The lowest BCUT2D eigenvalue weighted by Gasteiger charge is -2.14. The number of carbonyl (C=O) groups is 1. The van der Waals surface area contributed by atoms with Crippen molar-refractivity contribution in [2.45, 2.75) is 13.5 Å². The fraction of sp³-hybridized carbons (Fsp3) is 0.120. The lowest BCUT2D eigenvalue weighted by Crippen LogP contribution is -2.27. The highest BCUT2D eigenvalue weighted by molar-refractivity contribution is 8.27. The van der Waals surface area contributed by atoms with Gasteiger partial charge >= 0.3 is 0 Å². The topological polar surface area (TPSA) is 81.9 Å². The minimum atomic E-state index is -0.512. The molecule has 1 aliphatic rings. The van der Waals surface area contributed by atoms with Gasteiger partial charge in [-0.15, -0.1) is 0 Å². The van der Waals surface area contributed by atoms with E-state index in [1.807, 2.05) is 31.2 Å². The minimum absolute atomic E-state index is 0.116. The number of ether oxygens (including phenoxy) is 2. The van der Waals surface area contributed by atoms with Gasteiger partial charge in [-0.3, -0.25) is 19.8 Å². The predicted octanol–water partition coefficient (Wildman–Crippen LogP) is 6.63. The van der Waals surface area contributed by atoms with Crippen LogP contribution in [0, 0.1) is 10.1 Å². The Kier molecular flexibility index (Phi) is 7.70. The molecule has 0 aliphatic carbocycles. The molecule has 0 bridgehead atoms. The van der Waals surface area contributed by atoms with Crippen molar-refractivity contribution < 1.29 is 19.2 Å². The standard InChI is InChI=1S/C25H19ClN2O5S2/c1-2-32-22-12-16(10-11-21(22)33-15-17-6-3-4-9-20(17)26)13-23-24(29)27(25(34)35-23)18-7-5-8-19(14-18)28(30)31/h3-14H,2,15H2,1H3/b23-13+. The molecule has 0 unspecified atom stereocenters. The summed E-state index contributed by atoms with van der Waals surface area (Å²) in [5.41, 5.74) is 1.81. The number of nitro benzene ring substituents is 1. The average molecular weight is 527 g/mol. The number of carbonyl (C=O) groups excluding carboxylic acids is 1. The first-order valence-electron chi connectivity index (χ1n) is 10.5. The van der Waals surface area contributed by atoms with E-state index in [-0.39, 0.29) is 18.2 Å². The third-order valence-corrected chi connectivity index (χ3v) is 6.67. The van der Waals surface area contributed by atoms with Crippen molar-refractivity contribution in [3.63, 3.8) is 0 Å². The molecule has 1 aliphatic heterocycles. The first-order valence-corrected chi connectivity index (χ1v) is 12.1. The highest BCUT2D eigenvalue weighted by Gasteiger charge is 2.34. The molecule has 0 radical (unpaired) electrons. The summed E-state index contributed by atoms with van der Waals surface area (Å²) in [7, 11) is 0. The lowest BCUT2D eigenvalue weighted by atomic mass is 10.1. The van der Waals surface area contributed by atoms with Crippen LogP contribution in [0.5, 0.6) is 11.5 Å². The zero-order chi connectivity index (χ0) is 24.9. The van der Waals surface area contributed by atoms with Crippen LogP contribution in [-0.2, 0) is 11.4 Å². The van der Waals surface area contributed by atoms with Crippen LogP contribution in [0.4, 0.5) is 11.4 Å². The summed E-state index contributed by atoms with van der Waals surface area (Å²) < 4.78 is 12.0. The second kappa shape index (κ2) is 10.9. The van der Waals surface area contributed by atoms with E-state index in [2.05, 4.69) is 0 Å². The summed E-state index contributed by atoms with van der Waals surface area (Å²) in [4.78, 5) is 25.4. The summed E-state index contributed by atoms with van der Waals surface area (Å²) in [6, 6.07) is 18.6. The molecule has 10 heteroatoms. The molecule has 1 saturated heterocycles. The Morgan fingerprint density at radius 1 is 1.09 bits per heavy atom. The molecular formula is C25H19ClN2O5S2. The van der Waals surface area contributed by atoms with Gasteiger partial charge in [0.05, 0.1) is 22.1 Å². The van der Waals surface area contributed by atoms with E-state index in [0.29, 0.717) is 38.0 Å². The smallest absolute Gasteiger partial charge is 0.271 e. The SMILES string of the molecule is CCOc1cc(/C=C2/SC(=S)N(c3cccc([N+](=O)[O-])c3)C2=O)ccc1OCc1ccccc1Cl. The van der Waals surface area contributed by atoms with Gasteiger partial charge in [-0.1, -0.05) is 65.9 Å². The number of halogens is 1. The van der Waals surface area contributed by atoms with Crippen LogP contribution in [0.1, 0.15) is 18.1 Å². The molecular weight excluding hydrogens is 508 g/mol. The Bertz CT molecular complexity index is 1340. The van der Waals surface area contributed by atoms with E-state index in [4.69, 9.17) is 33.3 Å². The number of thioether (sulfide) groups is 1. The van der Waals surface area contributed by atoms with Crippen molar-refractivity contribution in [2.75, 3.05) is 11.5 Å². The normalized spacial score (nSPS) is 14.5. The second-order valence-electron chi connectivity index (χ2n) is 7.31. The number of rotatable bonds is 8. The van der Waals surface area contributed by atoms with Crippen molar-refractivity contribution in [2.24, 2.45) is 0 Å². The van der Waals surface area contributed by atoms with Crippen molar-refractivity contribution in [1.29, 1.82) is 0 Å². The van der Waals surface area contributed by atoms with Crippen LogP contribution >= 0.6 is 35.6 Å². The molecule has 1 heterocycles. The van der Waals surface area contributed by atoms with Gasteiger partial charge in [0.25, 0.3) is 11.6 Å². The first-order chi connectivity index (χ1) is 16.9. The van der Waals surface area contributed by atoms with Gasteiger partial charge in [-0.2, -0.15) is 0 Å². The van der Waals surface area contributed by atoms with E-state index >= 15 is 0 Å². The molecule has 3 aromatic carbocycles. The van der Waals surface area contributed by atoms with E-state index in [0.717, 1.165) is 22.9 Å². The zero-order valence-electron chi connectivity index (χ0n) is 18.5. The van der Waals surface area contributed by atoms with Gasteiger partial charge in [0, 0.05) is 22.7 Å². The fourth-order valence-corrected chi connectivity index (χ4v) is 4.85. The maximum atomic E-state index is 13.1. The average Bonchev–Trinajstić information content (AvgIpc) is 3.12. The Morgan fingerprint density at radius 3 is 2.63 bits per heavy atom. The van der Waals surface area contributed by atoms with Crippen LogP contribution in [-0.4, -0.2) is 21.8 Å². The molecule has 1 amide bonds. The highest BCUT2D eigenvalue weighted by atomic mass is 35.5. The van der Waals surface area contributed by atoms with Crippen LogP contribution < -0.4 is 14.4 Å². The number of nitrogens with zero attached hydrogens (tertiary/aromatic N) is 2. The van der Waals surface area contributed by atoms with Crippen LogP contribution in [0.2, 0.25) is 5.02 Å². The third kappa shape index (κ3) is 5.64. The number of amides is 1. The molecule has 1 fully saturated rings. The summed E-state index contributed by atoms with van der Waals surface area (Å²) in [5, 5.41) is 11.7. The number of thiocarbonyl (C=S) groups is 1. The monoisotopic (exact) mass is 526 g/mol. The highest BCUT2D eigenvalue weighted by Crippen LogP contribution is 2.38. The lowest BCUT2D eigenvalue weighted by molar-refractivity contribution is -0.384. The Hall–Kier alpha value is -3.40. The Balaban J connectivity index is 1.57. The van der Waals surface area contributed by atoms with Gasteiger partial charge < -0.3 is 9.47 Å². The number of anilines is 1. The van der Waals surface area contributed by atoms with E-state index in [9.17, 15) is 14.9 Å². The quantitative estimate of drug-likeness (QED) is 0.141. The van der Waals surface area contributed by atoms with Crippen molar-refractivity contribution >= 4 is 63.3 Å². The maximum Gasteiger partial charge on any atom is 0.271 e. The van der Waals surface area contributed by atoms with Crippen LogP contribution in [0.15, 0.2) is 71.6 Å². The molecule has 0 atom stereocenters. The molecule has 3 aromatic rings. The van der Waals surface area contributed by atoms with Gasteiger partial charge in [0.2, 0.25) is 0 Å². The van der Waals surface area contributed by atoms with E-state index < -0.39 is 4.92 Å². The Labute approximate surface area is 216 Å². The van der Waals surface area contributed by atoms with E-state index in [1.165, 1.54) is 23.1 Å². The fourth-order valence-electron chi connectivity index (χ4n) is 3.36. The molecule has 7 nitrogen and oxygen atoms in total. The molecule has 0 spiro atoms. The number of nitro groups is 1. The maximum absolute atomic E-state index is 13.1. The summed E-state index contributed by atoms with van der Waals surface area (Å²) in [5.74, 6) is 0.730. The molecule has 35 heavy (non-hydrogen) atoms. The molecule has 4 rings (SSSR count). The molecule has 0 aromatic heterocycles. The number of hydrogen-bond acceptors (Lipinski definition) is 7. The van der Waals surface area contributed by atoms with Crippen molar-refractivity contribution in [3.05, 3.63) is 97.9 Å². The van der Waals surface area contributed by atoms with Crippen molar-refractivity contribution in [1.82, 2.24) is 0 Å². The van der Waals surface area contributed by atoms with Gasteiger partial charge in [-0.25, -0.2) is 0 Å². The zero-order valence-corrected chi connectivity index (χ0v) is 20.9. The number of hydrogen-bond donors (Lipinski definition) is 0. The largest absolute Gasteiger partial charge is 0.490 e. The molecule has 0 saturated carbocycles. The van der Waals surface area contributed by atoms with Gasteiger partial charge in [-0.05, 0) is 42.8 Å². The number of non-ortho nitro benzene ring substituents is 1. The number of benzene rings is 3. The van der Waals surface area contributed by atoms with Gasteiger partial charge in [0.1, 0.15) is 6.61 Å². The van der Waals surface area contributed by atoms with Crippen LogP contribution in [0.3, 0.4) is 0 Å². The minimum Gasteiger partial charge on any atom is -0.490 e.